The van der Waals surface area contributed by atoms with E-state index in [-0.39, 0.29) is 57.4 Å². The summed E-state index contributed by atoms with van der Waals surface area (Å²) in [6.45, 7) is 1.37. The highest BCUT2D eigenvalue weighted by atomic mass is 32.2. The largest absolute Gasteiger partial charge is 0.460 e. The Hall–Kier alpha value is -5.36. The summed E-state index contributed by atoms with van der Waals surface area (Å²) < 4.78 is 66.4. The second kappa shape index (κ2) is 11.0. The lowest BCUT2D eigenvalue weighted by atomic mass is 9.95. The number of hydrogen-bond donors (Lipinski definition) is 1. The van der Waals surface area contributed by atoms with Crippen molar-refractivity contribution in [2.45, 2.75) is 13.3 Å². The predicted octanol–water partition coefficient (Wildman–Crippen LogP) is 6.47. The van der Waals surface area contributed by atoms with E-state index in [0.717, 1.165) is 10.6 Å². The number of aromatic nitrogens is 1. The molecular formula is C33H25F2N3O6S. The summed E-state index contributed by atoms with van der Waals surface area (Å²) in [7, 11) is -2.46. The molecule has 45 heavy (non-hydrogen) atoms. The number of Topliss-reactive ketones (excluding diaryl/α,β-unsaturated/α-hetero) is 1. The van der Waals surface area contributed by atoms with Crippen molar-refractivity contribution in [2.24, 2.45) is 5.73 Å². The molecule has 0 aliphatic carbocycles. The van der Waals surface area contributed by atoms with Gasteiger partial charge in [-0.3, -0.25) is 13.9 Å². The zero-order valence-electron chi connectivity index (χ0n) is 24.2. The number of anilines is 1. The number of halogens is 2. The van der Waals surface area contributed by atoms with Gasteiger partial charge in [-0.15, -0.1) is 0 Å². The maximum absolute atomic E-state index is 14.4. The van der Waals surface area contributed by atoms with Gasteiger partial charge < -0.3 is 14.6 Å². The molecule has 0 saturated heterocycles. The van der Waals surface area contributed by atoms with E-state index in [0.29, 0.717) is 27.6 Å². The molecule has 0 aliphatic heterocycles. The monoisotopic (exact) mass is 629 g/mol. The molecule has 0 fully saturated rings. The van der Waals surface area contributed by atoms with Crippen LogP contribution in [0.2, 0.25) is 0 Å². The number of fused-ring (bicyclic) bond motifs is 2. The number of para-hydroxylation sites is 1. The van der Waals surface area contributed by atoms with Gasteiger partial charge in [-0.2, -0.15) is 0 Å². The fourth-order valence-electron chi connectivity index (χ4n) is 5.18. The second-order valence-electron chi connectivity index (χ2n) is 10.6. The smallest absolute Gasteiger partial charge is 0.252 e. The van der Waals surface area contributed by atoms with Crippen molar-refractivity contribution in [1.29, 1.82) is 0 Å². The number of carbonyl (C=O) groups is 2. The summed E-state index contributed by atoms with van der Waals surface area (Å²) in [5, 5.41) is 0.305. The van der Waals surface area contributed by atoms with Gasteiger partial charge in [-0.25, -0.2) is 22.2 Å². The lowest BCUT2D eigenvalue weighted by Gasteiger charge is -2.21. The lowest BCUT2D eigenvalue weighted by Crippen LogP contribution is -2.25. The minimum absolute atomic E-state index is 0.0133. The van der Waals surface area contributed by atoms with Gasteiger partial charge in [0.05, 0.1) is 17.5 Å². The Kier molecular flexibility index (Phi) is 7.24. The quantitative estimate of drug-likeness (QED) is 0.190. The maximum atomic E-state index is 14.4. The molecule has 9 nitrogen and oxygen atoms in total. The third kappa shape index (κ3) is 5.55. The number of oxazole rings is 1. The van der Waals surface area contributed by atoms with Crippen molar-refractivity contribution in [3.63, 3.8) is 0 Å². The first-order chi connectivity index (χ1) is 21.3. The molecule has 12 heteroatoms. The predicted molar refractivity (Wildman–Crippen MR) is 166 cm³/mol. The van der Waals surface area contributed by atoms with Crippen LogP contribution >= 0.6 is 0 Å². The molecule has 0 radical (unpaired) electrons. The highest BCUT2D eigenvalue weighted by molar-refractivity contribution is 7.92. The molecule has 6 aromatic rings. The number of sulfonamides is 1. The normalized spacial score (nSPS) is 11.8. The number of nitrogens with two attached hydrogens (primary N) is 1. The molecule has 6 rings (SSSR count). The van der Waals surface area contributed by atoms with Crippen molar-refractivity contribution >= 4 is 49.5 Å². The number of carbonyl (C=O) groups excluding carboxylic acids is 2. The molecule has 4 aromatic carbocycles. The Balaban J connectivity index is 1.61. The van der Waals surface area contributed by atoms with Gasteiger partial charge in [0, 0.05) is 41.6 Å². The fourth-order valence-corrected chi connectivity index (χ4v) is 5.69. The maximum Gasteiger partial charge on any atom is 0.252 e. The van der Waals surface area contributed by atoms with Crippen molar-refractivity contribution < 1.29 is 35.6 Å². The van der Waals surface area contributed by atoms with E-state index in [1.54, 1.807) is 42.5 Å². The SMILES string of the molecule is CC(=O)c1cc(-c2nc3c(F)cccc3o2)cc(-c2cc3c(C(N)=O)c(Cc4ccc(F)cc4)oc3cc2N(C)S(C)(=O)=O)c1. The van der Waals surface area contributed by atoms with Crippen LogP contribution in [0.5, 0.6) is 0 Å². The van der Waals surface area contributed by atoms with Crippen LogP contribution in [0.15, 0.2) is 81.6 Å². The fraction of sp³-hybridized carbons (Fsp3) is 0.121. The number of amides is 1. The number of furan rings is 1. The Bertz CT molecular complexity index is 2270. The number of benzene rings is 4. The molecule has 1 amide bonds. The van der Waals surface area contributed by atoms with Crippen LogP contribution in [0.1, 0.15) is 39.0 Å². The third-order valence-electron chi connectivity index (χ3n) is 7.51. The summed E-state index contributed by atoms with van der Waals surface area (Å²) in [5.41, 5.74) is 8.40. The van der Waals surface area contributed by atoms with E-state index in [2.05, 4.69) is 4.98 Å². The highest BCUT2D eigenvalue weighted by Crippen LogP contribution is 2.41. The third-order valence-corrected chi connectivity index (χ3v) is 8.70. The van der Waals surface area contributed by atoms with E-state index in [9.17, 15) is 26.8 Å². The molecule has 0 spiro atoms. The first kappa shape index (κ1) is 29.7. The summed E-state index contributed by atoms with van der Waals surface area (Å²) in [4.78, 5) is 29.7. The summed E-state index contributed by atoms with van der Waals surface area (Å²) >= 11 is 0. The molecule has 2 aromatic heterocycles. The van der Waals surface area contributed by atoms with Crippen LogP contribution in [0.4, 0.5) is 14.5 Å². The molecular weight excluding hydrogens is 604 g/mol. The Labute approximate surface area is 255 Å². The van der Waals surface area contributed by atoms with E-state index >= 15 is 0 Å². The van der Waals surface area contributed by atoms with Crippen LogP contribution in [-0.2, 0) is 16.4 Å². The standard InChI is InChI=1S/C33H25F2N3O6S/c1-17(39)19-12-20(14-21(13-19)33-37-31-25(35)5-4-6-27(31)44-33)23-15-24-28(16-26(23)38(2)45(3,41)42)43-29(30(24)32(36)40)11-18-7-9-22(34)10-8-18/h4-10,12-16H,11H2,1-3H3,(H2,36,40). The van der Waals surface area contributed by atoms with Crippen LogP contribution < -0.4 is 10.0 Å². The first-order valence-corrected chi connectivity index (χ1v) is 15.4. The average molecular weight is 630 g/mol. The second-order valence-corrected chi connectivity index (χ2v) is 12.6. The van der Waals surface area contributed by atoms with Crippen LogP contribution in [-0.4, -0.2) is 38.4 Å². The summed E-state index contributed by atoms with van der Waals surface area (Å²) in [6, 6.07) is 17.7. The van der Waals surface area contributed by atoms with Gasteiger partial charge >= 0.3 is 0 Å². The molecule has 0 bridgehead atoms. The minimum Gasteiger partial charge on any atom is -0.460 e. The topological polar surface area (TPSA) is 137 Å². The van der Waals surface area contributed by atoms with Gasteiger partial charge in [0.25, 0.3) is 5.91 Å². The minimum atomic E-state index is -3.81. The molecule has 0 aliphatic rings. The van der Waals surface area contributed by atoms with E-state index in [1.165, 1.54) is 44.3 Å². The highest BCUT2D eigenvalue weighted by Gasteiger charge is 2.26. The number of rotatable bonds is 8. The van der Waals surface area contributed by atoms with E-state index < -0.39 is 27.6 Å². The Morgan fingerprint density at radius 2 is 1.64 bits per heavy atom. The molecule has 2 heterocycles. The molecule has 228 valence electrons. The van der Waals surface area contributed by atoms with E-state index in [1.807, 2.05) is 0 Å². The Morgan fingerprint density at radius 3 is 2.29 bits per heavy atom. The molecule has 0 saturated carbocycles. The number of primary amides is 1. The molecule has 0 unspecified atom stereocenters. The van der Waals surface area contributed by atoms with Crippen molar-refractivity contribution in [2.75, 3.05) is 17.6 Å². The van der Waals surface area contributed by atoms with Gasteiger partial charge in [-0.1, -0.05) is 18.2 Å². The van der Waals surface area contributed by atoms with Gasteiger partial charge in [-0.05, 0) is 66.6 Å². The van der Waals surface area contributed by atoms with Crippen LogP contribution in [0.25, 0.3) is 44.7 Å². The van der Waals surface area contributed by atoms with Crippen molar-refractivity contribution in [1.82, 2.24) is 4.98 Å². The van der Waals surface area contributed by atoms with Gasteiger partial charge in [0.1, 0.15) is 22.7 Å². The molecule has 0 atom stereocenters. The first-order valence-electron chi connectivity index (χ1n) is 13.6. The number of ketones is 1. The van der Waals surface area contributed by atoms with Crippen molar-refractivity contribution in [3.05, 3.63) is 107 Å². The van der Waals surface area contributed by atoms with E-state index in [4.69, 9.17) is 14.6 Å². The van der Waals surface area contributed by atoms with Crippen LogP contribution in [0, 0.1) is 11.6 Å². The number of nitrogens with zero attached hydrogens (tertiary/aromatic N) is 2. The average Bonchev–Trinajstić information content (AvgIpc) is 3.58. The Morgan fingerprint density at radius 1 is 0.933 bits per heavy atom. The van der Waals surface area contributed by atoms with Gasteiger partial charge in [0.15, 0.2) is 17.2 Å². The number of hydrogen-bond acceptors (Lipinski definition) is 7. The molecule has 2 N–H and O–H groups in total. The summed E-state index contributed by atoms with van der Waals surface area (Å²) in [5.74, 6) is -1.84. The zero-order chi connectivity index (χ0) is 32.2. The lowest BCUT2D eigenvalue weighted by molar-refractivity contribution is 0.0995. The van der Waals surface area contributed by atoms with Gasteiger partial charge in [0.2, 0.25) is 15.9 Å². The summed E-state index contributed by atoms with van der Waals surface area (Å²) in [6.07, 6.45) is 1.14. The zero-order valence-corrected chi connectivity index (χ0v) is 25.0. The van der Waals surface area contributed by atoms with Crippen molar-refractivity contribution in [3.8, 4) is 22.6 Å². The van der Waals surface area contributed by atoms with Crippen LogP contribution in [0.3, 0.4) is 0 Å².